The van der Waals surface area contributed by atoms with E-state index in [4.69, 9.17) is 0 Å². The number of carbonyl (C=O) groups excluding carboxylic acids is 1. The van der Waals surface area contributed by atoms with Crippen LogP contribution in [0.3, 0.4) is 0 Å². The highest BCUT2D eigenvalue weighted by Gasteiger charge is 2.24. The fraction of sp³-hybridized carbons (Fsp3) is 0.438. The van der Waals surface area contributed by atoms with Crippen molar-refractivity contribution in [3.63, 3.8) is 0 Å². The third-order valence-electron chi connectivity index (χ3n) is 3.73. The molecule has 1 fully saturated rings. The normalized spacial score (nSPS) is 19.4. The van der Waals surface area contributed by atoms with E-state index in [1.54, 1.807) is 31.2 Å². The third kappa shape index (κ3) is 3.45. The Morgan fingerprint density at radius 2 is 2.25 bits per heavy atom. The van der Waals surface area contributed by atoms with Crippen molar-refractivity contribution in [1.82, 2.24) is 10.2 Å². The summed E-state index contributed by atoms with van der Waals surface area (Å²) in [4.78, 5) is 14.0. The van der Waals surface area contributed by atoms with Crippen LogP contribution in [0.2, 0.25) is 0 Å². The highest BCUT2D eigenvalue weighted by Crippen LogP contribution is 2.20. The van der Waals surface area contributed by atoms with Crippen molar-refractivity contribution in [2.24, 2.45) is 5.92 Å². The average Bonchev–Trinajstić information content (AvgIpc) is 2.88. The molecule has 1 amide bonds. The molecule has 1 aromatic rings. The van der Waals surface area contributed by atoms with E-state index in [2.05, 4.69) is 5.32 Å². The van der Waals surface area contributed by atoms with E-state index in [0.717, 1.165) is 26.1 Å². The maximum atomic E-state index is 13.7. The van der Waals surface area contributed by atoms with Crippen LogP contribution in [0.25, 0.3) is 5.57 Å². The van der Waals surface area contributed by atoms with E-state index in [0.29, 0.717) is 17.1 Å². The van der Waals surface area contributed by atoms with Gasteiger partial charge in [-0.1, -0.05) is 18.2 Å². The molecule has 108 valence electrons. The van der Waals surface area contributed by atoms with Gasteiger partial charge < -0.3 is 10.2 Å². The lowest BCUT2D eigenvalue weighted by Crippen LogP contribution is -2.29. The number of nitrogens with one attached hydrogen (secondary N) is 1. The molecule has 0 bridgehead atoms. The topological polar surface area (TPSA) is 32.3 Å². The number of halogens is 1. The third-order valence-corrected chi connectivity index (χ3v) is 3.73. The molecule has 1 saturated heterocycles. The SMILES string of the molecule is CNCC1CCN(C(=O)/C=C(\C)c2ccccc2F)C1. The lowest BCUT2D eigenvalue weighted by atomic mass is 10.1. The first-order valence-corrected chi connectivity index (χ1v) is 6.98. The number of carbonyl (C=O) groups is 1. The smallest absolute Gasteiger partial charge is 0.246 e. The molecule has 1 heterocycles. The Bertz CT molecular complexity index is 513. The lowest BCUT2D eigenvalue weighted by Gasteiger charge is -2.15. The zero-order valence-electron chi connectivity index (χ0n) is 12.0. The van der Waals surface area contributed by atoms with Crippen LogP contribution >= 0.6 is 0 Å². The fourth-order valence-corrected chi connectivity index (χ4v) is 2.62. The van der Waals surface area contributed by atoms with Gasteiger partial charge in [0.1, 0.15) is 5.82 Å². The van der Waals surface area contributed by atoms with Crippen LogP contribution in [0.15, 0.2) is 30.3 Å². The van der Waals surface area contributed by atoms with Gasteiger partial charge >= 0.3 is 0 Å². The Kier molecular flexibility index (Phi) is 4.90. The largest absolute Gasteiger partial charge is 0.339 e. The summed E-state index contributed by atoms with van der Waals surface area (Å²) in [6.07, 6.45) is 2.57. The highest BCUT2D eigenvalue weighted by atomic mass is 19.1. The number of likely N-dealkylation sites (tertiary alicyclic amines) is 1. The van der Waals surface area contributed by atoms with Gasteiger partial charge in [0, 0.05) is 24.7 Å². The number of nitrogens with zero attached hydrogens (tertiary/aromatic N) is 1. The van der Waals surface area contributed by atoms with E-state index in [1.807, 2.05) is 11.9 Å². The zero-order chi connectivity index (χ0) is 14.5. The quantitative estimate of drug-likeness (QED) is 0.856. The van der Waals surface area contributed by atoms with Crippen LogP contribution in [0.1, 0.15) is 18.9 Å². The maximum Gasteiger partial charge on any atom is 0.246 e. The number of rotatable bonds is 4. The molecule has 3 nitrogen and oxygen atoms in total. The maximum absolute atomic E-state index is 13.7. The second kappa shape index (κ2) is 6.66. The van der Waals surface area contributed by atoms with Crippen LogP contribution in [0.4, 0.5) is 4.39 Å². The molecule has 2 rings (SSSR count). The molecular formula is C16H21FN2O. The predicted octanol–water partition coefficient (Wildman–Crippen LogP) is 2.30. The van der Waals surface area contributed by atoms with Gasteiger partial charge in [-0.05, 0) is 44.5 Å². The fourth-order valence-electron chi connectivity index (χ4n) is 2.62. The summed E-state index contributed by atoms with van der Waals surface area (Å²) in [5.41, 5.74) is 1.16. The monoisotopic (exact) mass is 276 g/mol. The van der Waals surface area contributed by atoms with Crippen LogP contribution < -0.4 is 5.32 Å². The summed E-state index contributed by atoms with van der Waals surface area (Å²) >= 11 is 0. The first-order valence-electron chi connectivity index (χ1n) is 6.98. The number of benzene rings is 1. The molecule has 0 aliphatic carbocycles. The summed E-state index contributed by atoms with van der Waals surface area (Å²) in [7, 11) is 1.92. The molecule has 0 radical (unpaired) electrons. The Hall–Kier alpha value is -1.68. The van der Waals surface area contributed by atoms with Gasteiger partial charge in [0.2, 0.25) is 5.91 Å². The van der Waals surface area contributed by atoms with Crippen molar-refractivity contribution in [2.75, 3.05) is 26.7 Å². The standard InChI is InChI=1S/C16H21FN2O/c1-12(14-5-3-4-6-15(14)17)9-16(20)19-8-7-13(11-19)10-18-2/h3-6,9,13,18H,7-8,10-11H2,1-2H3/b12-9+. The summed E-state index contributed by atoms with van der Waals surface area (Å²) in [5, 5.41) is 3.14. The Morgan fingerprint density at radius 1 is 1.50 bits per heavy atom. The summed E-state index contributed by atoms with van der Waals surface area (Å²) < 4.78 is 13.7. The number of amides is 1. The summed E-state index contributed by atoms with van der Waals surface area (Å²) in [6, 6.07) is 6.54. The van der Waals surface area contributed by atoms with Gasteiger partial charge in [-0.2, -0.15) is 0 Å². The highest BCUT2D eigenvalue weighted by molar-refractivity contribution is 5.95. The van der Waals surface area contributed by atoms with Crippen molar-refractivity contribution in [3.05, 3.63) is 41.7 Å². The van der Waals surface area contributed by atoms with Gasteiger partial charge in [0.15, 0.2) is 0 Å². The van der Waals surface area contributed by atoms with Gasteiger partial charge in [-0.25, -0.2) is 4.39 Å². The molecule has 20 heavy (non-hydrogen) atoms. The van der Waals surface area contributed by atoms with Gasteiger partial charge in [-0.3, -0.25) is 4.79 Å². The molecule has 4 heteroatoms. The van der Waals surface area contributed by atoms with Crippen molar-refractivity contribution in [3.8, 4) is 0 Å². The Labute approximate surface area is 119 Å². The van der Waals surface area contributed by atoms with Crippen molar-refractivity contribution in [2.45, 2.75) is 13.3 Å². The lowest BCUT2D eigenvalue weighted by molar-refractivity contribution is -0.125. The van der Waals surface area contributed by atoms with E-state index in [1.165, 1.54) is 6.07 Å². The van der Waals surface area contributed by atoms with Gasteiger partial charge in [-0.15, -0.1) is 0 Å². The van der Waals surface area contributed by atoms with Crippen molar-refractivity contribution < 1.29 is 9.18 Å². The minimum absolute atomic E-state index is 0.0237. The molecule has 1 atom stereocenters. The van der Waals surface area contributed by atoms with Crippen LogP contribution in [-0.2, 0) is 4.79 Å². The van der Waals surface area contributed by atoms with Gasteiger partial charge in [0.25, 0.3) is 0 Å². The zero-order valence-corrected chi connectivity index (χ0v) is 12.0. The number of hydrogen-bond acceptors (Lipinski definition) is 2. The van der Waals surface area contributed by atoms with Gasteiger partial charge in [0.05, 0.1) is 0 Å². The molecule has 0 aromatic heterocycles. The van der Waals surface area contributed by atoms with Crippen molar-refractivity contribution in [1.29, 1.82) is 0 Å². The molecular weight excluding hydrogens is 255 g/mol. The Balaban J connectivity index is 2.04. The first kappa shape index (κ1) is 14.7. The van der Waals surface area contributed by atoms with E-state index >= 15 is 0 Å². The van der Waals surface area contributed by atoms with Crippen LogP contribution in [0.5, 0.6) is 0 Å². The summed E-state index contributed by atoms with van der Waals surface area (Å²) in [5.74, 6) is 0.207. The van der Waals surface area contributed by atoms with Crippen LogP contribution in [0, 0.1) is 11.7 Å². The molecule has 1 aliphatic rings. The molecule has 1 aliphatic heterocycles. The Morgan fingerprint density at radius 3 is 2.95 bits per heavy atom. The second-order valence-corrected chi connectivity index (χ2v) is 5.30. The molecule has 1 N–H and O–H groups in total. The average molecular weight is 276 g/mol. The molecule has 0 spiro atoms. The number of hydrogen-bond donors (Lipinski definition) is 1. The number of allylic oxidation sites excluding steroid dienone is 1. The second-order valence-electron chi connectivity index (χ2n) is 5.30. The first-order chi connectivity index (χ1) is 9.61. The molecule has 1 unspecified atom stereocenters. The van der Waals surface area contributed by atoms with Crippen LogP contribution in [-0.4, -0.2) is 37.5 Å². The van der Waals surface area contributed by atoms with E-state index in [9.17, 15) is 9.18 Å². The van der Waals surface area contributed by atoms with Crippen molar-refractivity contribution >= 4 is 11.5 Å². The minimum atomic E-state index is -0.288. The summed E-state index contributed by atoms with van der Waals surface area (Å²) in [6.45, 7) is 4.27. The molecule has 0 saturated carbocycles. The minimum Gasteiger partial charge on any atom is -0.339 e. The molecule has 1 aromatic carbocycles. The van der Waals surface area contributed by atoms with E-state index in [-0.39, 0.29) is 11.7 Å². The van der Waals surface area contributed by atoms with E-state index < -0.39 is 0 Å². The predicted molar refractivity (Wildman–Crippen MR) is 78.7 cm³/mol.